The fourth-order valence-corrected chi connectivity index (χ4v) is 8.11. The molecule has 4 rings (SSSR count). The summed E-state index contributed by atoms with van der Waals surface area (Å²) in [4.78, 5) is 43.7. The second kappa shape index (κ2) is 15.5. The monoisotopic (exact) mass is 604 g/mol. The van der Waals surface area contributed by atoms with Crippen LogP contribution < -0.4 is 10.6 Å². The SMILES string of the molecule is CC(C)(C)OC(=O)N1CSC[C@H]1C(=O)NC(CSCC1CCCCC1)C(=O)NC1CCN(Cc2ccccc2)CC1. The lowest BCUT2D eigenvalue weighted by Gasteiger charge is -2.33. The molecular formula is C31H48N4O4S2. The molecule has 2 heterocycles. The zero-order valence-corrected chi connectivity index (χ0v) is 26.6. The summed E-state index contributed by atoms with van der Waals surface area (Å²) >= 11 is 3.29. The smallest absolute Gasteiger partial charge is 0.411 e. The van der Waals surface area contributed by atoms with Gasteiger partial charge in [-0.05, 0) is 63.7 Å². The Hall–Kier alpha value is -1.91. The number of amides is 3. The van der Waals surface area contributed by atoms with Gasteiger partial charge in [-0.15, -0.1) is 11.8 Å². The number of benzene rings is 1. The summed E-state index contributed by atoms with van der Waals surface area (Å²) in [7, 11) is 0. The molecule has 2 atom stereocenters. The van der Waals surface area contributed by atoms with Gasteiger partial charge in [0, 0.05) is 37.2 Å². The first kappa shape index (κ1) is 32.0. The van der Waals surface area contributed by atoms with Crippen LogP contribution in [0.15, 0.2) is 30.3 Å². The molecule has 8 nitrogen and oxygen atoms in total. The van der Waals surface area contributed by atoms with Gasteiger partial charge in [-0.2, -0.15) is 11.8 Å². The van der Waals surface area contributed by atoms with Crippen LogP contribution in [0.3, 0.4) is 0 Å². The van der Waals surface area contributed by atoms with Gasteiger partial charge < -0.3 is 15.4 Å². The molecule has 2 N–H and O–H groups in total. The molecule has 228 valence electrons. The molecule has 0 spiro atoms. The second-order valence-corrected chi connectivity index (χ2v) is 14.7. The van der Waals surface area contributed by atoms with E-state index < -0.39 is 23.8 Å². The Morgan fingerprint density at radius 3 is 2.44 bits per heavy atom. The first-order valence-electron chi connectivity index (χ1n) is 15.2. The number of piperidine rings is 1. The number of hydrogen-bond donors (Lipinski definition) is 2. The van der Waals surface area contributed by atoms with Crippen molar-refractivity contribution in [3.63, 3.8) is 0 Å². The average molecular weight is 605 g/mol. The Balaban J connectivity index is 1.32. The minimum absolute atomic E-state index is 0.0950. The number of hydrogen-bond acceptors (Lipinski definition) is 7. The Bertz CT molecular complexity index is 992. The van der Waals surface area contributed by atoms with Gasteiger partial charge in [0.2, 0.25) is 11.8 Å². The molecule has 1 aromatic carbocycles. The van der Waals surface area contributed by atoms with E-state index in [1.807, 2.05) is 26.8 Å². The van der Waals surface area contributed by atoms with Crippen molar-refractivity contribution in [3.8, 4) is 0 Å². The number of ether oxygens (including phenoxy) is 1. The first-order chi connectivity index (χ1) is 19.7. The molecule has 3 fully saturated rings. The van der Waals surface area contributed by atoms with Crippen LogP contribution in [-0.2, 0) is 20.9 Å². The lowest BCUT2D eigenvalue weighted by molar-refractivity contribution is -0.131. The molecule has 0 aromatic heterocycles. The van der Waals surface area contributed by atoms with E-state index in [1.165, 1.54) is 54.3 Å². The fraction of sp³-hybridized carbons (Fsp3) is 0.710. The maximum atomic E-state index is 13.6. The summed E-state index contributed by atoms with van der Waals surface area (Å²) in [6, 6.07) is 9.30. The molecule has 1 saturated carbocycles. The maximum Gasteiger partial charge on any atom is 0.411 e. The van der Waals surface area contributed by atoms with Crippen LogP contribution in [0.25, 0.3) is 0 Å². The first-order valence-corrected chi connectivity index (χ1v) is 17.5. The molecule has 1 unspecified atom stereocenters. The molecule has 1 aliphatic carbocycles. The van der Waals surface area contributed by atoms with Crippen molar-refractivity contribution < 1.29 is 19.1 Å². The highest BCUT2D eigenvalue weighted by Crippen LogP contribution is 2.27. The van der Waals surface area contributed by atoms with Crippen molar-refractivity contribution in [1.29, 1.82) is 0 Å². The molecule has 41 heavy (non-hydrogen) atoms. The van der Waals surface area contributed by atoms with Crippen LogP contribution >= 0.6 is 23.5 Å². The zero-order valence-electron chi connectivity index (χ0n) is 24.9. The van der Waals surface area contributed by atoms with E-state index in [1.54, 1.807) is 11.8 Å². The number of carbonyl (C=O) groups is 3. The molecule has 2 aliphatic heterocycles. The van der Waals surface area contributed by atoms with Crippen molar-refractivity contribution in [1.82, 2.24) is 20.4 Å². The number of carbonyl (C=O) groups excluding carboxylic acids is 3. The van der Waals surface area contributed by atoms with Crippen LogP contribution in [0.5, 0.6) is 0 Å². The highest BCUT2D eigenvalue weighted by Gasteiger charge is 2.39. The van der Waals surface area contributed by atoms with Gasteiger partial charge in [0.1, 0.15) is 17.7 Å². The molecule has 3 amide bonds. The largest absolute Gasteiger partial charge is 0.444 e. The van der Waals surface area contributed by atoms with Crippen molar-refractivity contribution in [3.05, 3.63) is 35.9 Å². The van der Waals surface area contributed by atoms with Gasteiger partial charge in [-0.25, -0.2) is 4.79 Å². The van der Waals surface area contributed by atoms with E-state index in [-0.39, 0.29) is 17.9 Å². The van der Waals surface area contributed by atoms with Gasteiger partial charge in [0.15, 0.2) is 0 Å². The minimum atomic E-state index is -0.644. The van der Waals surface area contributed by atoms with Crippen LogP contribution in [0.2, 0.25) is 0 Å². The third-order valence-corrected chi connectivity index (χ3v) is 10.3. The average Bonchev–Trinajstić information content (AvgIpc) is 3.44. The standard InChI is InChI=1S/C31H48N4O4S2/c1-31(2,3)39-30(38)35-22-41-21-27(35)29(37)33-26(20-40-19-24-12-8-5-9-13-24)28(36)32-25-14-16-34(17-15-25)18-23-10-6-4-7-11-23/h4,6-7,10-11,24-27H,5,8-9,12-22H2,1-3H3,(H,32,36)(H,33,37)/t26?,27-/m0/s1. The number of nitrogens with one attached hydrogen (secondary N) is 2. The van der Waals surface area contributed by atoms with Crippen molar-refractivity contribution in [2.45, 2.75) is 96.0 Å². The van der Waals surface area contributed by atoms with Gasteiger partial charge in [-0.3, -0.25) is 19.4 Å². The molecule has 1 aromatic rings. The van der Waals surface area contributed by atoms with Gasteiger partial charge in [-0.1, -0.05) is 49.6 Å². The van der Waals surface area contributed by atoms with Crippen LogP contribution in [0.1, 0.15) is 71.3 Å². The maximum absolute atomic E-state index is 13.6. The Kier molecular flexibility index (Phi) is 12.1. The summed E-state index contributed by atoms with van der Waals surface area (Å²) in [5, 5.41) is 6.28. The highest BCUT2D eigenvalue weighted by molar-refractivity contribution is 7.99. The van der Waals surface area contributed by atoms with Crippen LogP contribution in [-0.4, -0.2) is 87.7 Å². The van der Waals surface area contributed by atoms with Gasteiger partial charge >= 0.3 is 6.09 Å². The zero-order chi connectivity index (χ0) is 29.2. The fourth-order valence-electron chi connectivity index (χ4n) is 5.70. The van der Waals surface area contributed by atoms with E-state index >= 15 is 0 Å². The normalized spacial score (nSPS) is 21.8. The summed E-state index contributed by atoms with van der Waals surface area (Å²) in [5.74, 6) is 2.74. The number of thioether (sulfide) groups is 2. The summed E-state index contributed by atoms with van der Waals surface area (Å²) in [5.41, 5.74) is 0.665. The van der Waals surface area contributed by atoms with E-state index in [0.717, 1.165) is 38.2 Å². The number of nitrogens with zero attached hydrogens (tertiary/aromatic N) is 2. The topological polar surface area (TPSA) is 91.0 Å². The molecular weight excluding hydrogens is 556 g/mol. The Morgan fingerprint density at radius 2 is 1.76 bits per heavy atom. The van der Waals surface area contributed by atoms with Crippen molar-refractivity contribution in [2.75, 3.05) is 36.2 Å². The van der Waals surface area contributed by atoms with E-state index in [4.69, 9.17) is 4.74 Å². The highest BCUT2D eigenvalue weighted by atomic mass is 32.2. The summed E-state index contributed by atoms with van der Waals surface area (Å²) in [6.45, 7) is 8.23. The summed E-state index contributed by atoms with van der Waals surface area (Å²) in [6.07, 6.45) is 7.69. The van der Waals surface area contributed by atoms with Crippen molar-refractivity contribution in [2.24, 2.45) is 5.92 Å². The van der Waals surface area contributed by atoms with Gasteiger partial charge in [0.25, 0.3) is 0 Å². The Labute approximate surface area is 254 Å². The Morgan fingerprint density at radius 1 is 1.05 bits per heavy atom. The molecule has 3 aliphatic rings. The third kappa shape index (κ3) is 10.4. The predicted octanol–water partition coefficient (Wildman–Crippen LogP) is 4.88. The lowest BCUT2D eigenvalue weighted by atomic mass is 9.91. The summed E-state index contributed by atoms with van der Waals surface area (Å²) < 4.78 is 5.54. The second-order valence-electron chi connectivity index (χ2n) is 12.6. The number of likely N-dealkylation sites (tertiary alicyclic amines) is 1. The van der Waals surface area contributed by atoms with E-state index in [2.05, 4.69) is 39.8 Å². The van der Waals surface area contributed by atoms with Crippen molar-refractivity contribution >= 4 is 41.4 Å². The van der Waals surface area contributed by atoms with Gasteiger partial charge in [0.05, 0.1) is 5.88 Å². The number of rotatable bonds is 10. The third-order valence-electron chi connectivity index (χ3n) is 7.99. The quantitative estimate of drug-likeness (QED) is 0.394. The lowest BCUT2D eigenvalue weighted by Crippen LogP contribution is -2.57. The predicted molar refractivity (Wildman–Crippen MR) is 168 cm³/mol. The van der Waals surface area contributed by atoms with E-state index in [0.29, 0.717) is 23.3 Å². The van der Waals surface area contributed by atoms with E-state index in [9.17, 15) is 14.4 Å². The minimum Gasteiger partial charge on any atom is -0.444 e. The molecule has 10 heteroatoms. The molecule has 0 bridgehead atoms. The van der Waals surface area contributed by atoms with Crippen LogP contribution in [0.4, 0.5) is 4.79 Å². The molecule has 0 radical (unpaired) electrons. The van der Waals surface area contributed by atoms with Crippen LogP contribution in [0, 0.1) is 5.92 Å². The molecule has 2 saturated heterocycles.